The van der Waals surface area contributed by atoms with E-state index in [0.717, 1.165) is 0 Å². The molecule has 0 saturated heterocycles. The van der Waals surface area contributed by atoms with E-state index in [2.05, 4.69) is 16.2 Å². The minimum Gasteiger partial charge on any atom is -0.352 e. The van der Waals surface area contributed by atoms with Gasteiger partial charge in [-0.3, -0.25) is 0 Å². The fraction of sp³-hybridized carbons (Fsp3) is 0.500. The summed E-state index contributed by atoms with van der Waals surface area (Å²) >= 11 is 0. The number of amides is 2. The van der Waals surface area contributed by atoms with E-state index in [-0.39, 0.29) is 27.1 Å². The molecule has 0 atom stereocenters. The Hall–Kier alpha value is -0.468. The van der Waals surface area contributed by atoms with Crippen LogP contribution in [-0.4, -0.2) is 12.7 Å². The van der Waals surface area contributed by atoms with Gasteiger partial charge in [0, 0.05) is 20.4 Å². The molecule has 50 valence electrons. The molecule has 0 aliphatic carbocycles. The predicted molar refractivity (Wildman–Crippen MR) is 22.7 cm³/mol. The average molecular weight is 209 g/mol. The fourth-order valence-electron chi connectivity index (χ4n) is 0.117. The van der Waals surface area contributed by atoms with Crippen LogP contribution < -0.4 is 11.1 Å². The Labute approximate surface area is 60.2 Å². The summed E-state index contributed by atoms with van der Waals surface area (Å²) in [4.78, 5) is 9.73. The summed E-state index contributed by atoms with van der Waals surface area (Å²) in [6, 6.07) is -0.656. The van der Waals surface area contributed by atoms with Gasteiger partial charge in [-0.05, 0) is 0 Å². The number of nitrogens with zero attached hydrogens (tertiary/aromatic N) is 1. The second-order valence-electron chi connectivity index (χ2n) is 0.857. The molecule has 0 heterocycles. The van der Waals surface area contributed by atoms with Crippen molar-refractivity contribution in [3.63, 3.8) is 0 Å². The molecule has 0 fully saturated rings. The van der Waals surface area contributed by atoms with Crippen molar-refractivity contribution in [3.05, 3.63) is 0 Å². The first-order valence-electron chi connectivity index (χ1n) is 1.64. The molecule has 0 spiro atoms. The number of hydrogen-bond donors (Lipinski definition) is 3. The summed E-state index contributed by atoms with van der Waals surface area (Å²) in [5, 5.41) is 4.89. The summed E-state index contributed by atoms with van der Waals surface area (Å²) in [7, 11) is 0. The van der Waals surface area contributed by atoms with Gasteiger partial charge in [0.2, 0.25) is 0 Å². The molecule has 5 nitrogen and oxygen atoms in total. The molecule has 0 bridgehead atoms. The van der Waals surface area contributed by atoms with Crippen molar-refractivity contribution < 1.29 is 25.2 Å². The van der Waals surface area contributed by atoms with Gasteiger partial charge < -0.3 is 11.1 Å². The second-order valence-corrected chi connectivity index (χ2v) is 0.857. The largest absolute Gasteiger partial charge is 0.352 e. The Bertz CT molecular complexity index is 84.1. The van der Waals surface area contributed by atoms with Crippen LogP contribution in [0.3, 0.4) is 0 Å². The SMILES string of the molecule is N=NCNC(N)=O.[Pd]. The van der Waals surface area contributed by atoms with Crippen molar-refractivity contribution in [1.82, 2.24) is 5.32 Å². The third kappa shape index (κ3) is 9.11. The van der Waals surface area contributed by atoms with Gasteiger partial charge in [-0.15, -0.1) is 0 Å². The predicted octanol–water partition coefficient (Wildman–Crippen LogP) is -0.359. The first kappa shape index (κ1) is 10.5. The van der Waals surface area contributed by atoms with Crippen LogP contribution in [0.1, 0.15) is 0 Å². The standard InChI is InChI=1S/C2H6N4O.Pd/c3-2(7)5-1-6-4;/h4H,1H2,(H3,3,5,7);. The van der Waals surface area contributed by atoms with Gasteiger partial charge in [0.1, 0.15) is 6.67 Å². The maximum atomic E-state index is 9.73. The molecular formula is C2H6N4OPd. The van der Waals surface area contributed by atoms with E-state index in [9.17, 15) is 4.79 Å². The molecule has 2 amide bonds. The van der Waals surface area contributed by atoms with Crippen LogP contribution in [0.5, 0.6) is 0 Å². The normalized spacial score (nSPS) is 6.50. The number of urea groups is 1. The zero-order valence-electron chi connectivity index (χ0n) is 3.96. The summed E-state index contributed by atoms with van der Waals surface area (Å²) in [6.45, 7) is -0.0324. The first-order chi connectivity index (χ1) is 3.27. The van der Waals surface area contributed by atoms with Gasteiger partial charge in [-0.25, -0.2) is 10.3 Å². The monoisotopic (exact) mass is 208 g/mol. The maximum absolute atomic E-state index is 9.73. The van der Waals surface area contributed by atoms with Crippen molar-refractivity contribution in [3.8, 4) is 0 Å². The van der Waals surface area contributed by atoms with Crippen LogP contribution in [-0.2, 0) is 20.4 Å². The molecule has 0 aromatic heterocycles. The molecule has 0 aliphatic rings. The summed E-state index contributed by atoms with van der Waals surface area (Å²) in [6.07, 6.45) is 0. The van der Waals surface area contributed by atoms with Crippen molar-refractivity contribution in [2.24, 2.45) is 10.8 Å². The number of primary amides is 1. The van der Waals surface area contributed by atoms with Crippen LogP contribution in [0.4, 0.5) is 4.79 Å². The quantitative estimate of drug-likeness (QED) is 0.420. The van der Waals surface area contributed by atoms with E-state index < -0.39 is 6.03 Å². The summed E-state index contributed by atoms with van der Waals surface area (Å²) < 4.78 is 0. The van der Waals surface area contributed by atoms with E-state index >= 15 is 0 Å². The first-order valence-corrected chi connectivity index (χ1v) is 1.64. The van der Waals surface area contributed by atoms with Gasteiger partial charge in [-0.2, -0.15) is 5.11 Å². The summed E-state index contributed by atoms with van der Waals surface area (Å²) in [5.74, 6) is 0. The number of hydrogen-bond acceptors (Lipinski definition) is 3. The molecule has 6 heteroatoms. The van der Waals surface area contributed by atoms with Gasteiger partial charge >= 0.3 is 6.03 Å². The van der Waals surface area contributed by atoms with Crippen molar-refractivity contribution >= 4 is 6.03 Å². The fourth-order valence-corrected chi connectivity index (χ4v) is 0.117. The molecule has 0 aromatic rings. The molecule has 0 radical (unpaired) electrons. The Morgan fingerprint density at radius 1 is 1.88 bits per heavy atom. The smallest absolute Gasteiger partial charge is 0.313 e. The van der Waals surface area contributed by atoms with E-state index in [4.69, 9.17) is 5.53 Å². The number of nitrogens with two attached hydrogens (primary N) is 1. The van der Waals surface area contributed by atoms with Gasteiger partial charge in [0.15, 0.2) is 0 Å². The van der Waals surface area contributed by atoms with Crippen LogP contribution in [0.15, 0.2) is 5.11 Å². The average Bonchev–Trinajstić information content (AvgIpc) is 1.61. The van der Waals surface area contributed by atoms with Gasteiger partial charge in [0.25, 0.3) is 0 Å². The molecule has 0 aliphatic heterocycles. The van der Waals surface area contributed by atoms with E-state index in [0.29, 0.717) is 0 Å². The third-order valence-electron chi connectivity index (χ3n) is 0.332. The third-order valence-corrected chi connectivity index (χ3v) is 0.332. The maximum Gasteiger partial charge on any atom is 0.313 e. The van der Waals surface area contributed by atoms with Gasteiger partial charge in [0.05, 0.1) is 0 Å². The molecule has 0 aromatic carbocycles. The zero-order valence-corrected chi connectivity index (χ0v) is 5.51. The Morgan fingerprint density at radius 2 is 2.38 bits per heavy atom. The number of carbonyl (C=O) groups is 1. The topological polar surface area (TPSA) is 91.3 Å². The number of rotatable bonds is 2. The molecule has 4 N–H and O–H groups in total. The number of carbonyl (C=O) groups excluding carboxylic acids is 1. The van der Waals surface area contributed by atoms with E-state index in [1.54, 1.807) is 0 Å². The zero-order chi connectivity index (χ0) is 5.70. The molecule has 0 rings (SSSR count). The van der Waals surface area contributed by atoms with Crippen LogP contribution >= 0.6 is 0 Å². The van der Waals surface area contributed by atoms with Crippen LogP contribution in [0, 0.1) is 5.53 Å². The van der Waals surface area contributed by atoms with Crippen molar-refractivity contribution in [2.75, 3.05) is 6.67 Å². The minimum atomic E-state index is -0.656. The second kappa shape index (κ2) is 6.53. The molecule has 0 saturated carbocycles. The minimum absolute atomic E-state index is 0. The Morgan fingerprint density at radius 3 is 2.50 bits per heavy atom. The van der Waals surface area contributed by atoms with Gasteiger partial charge in [-0.1, -0.05) is 0 Å². The van der Waals surface area contributed by atoms with Crippen molar-refractivity contribution in [1.29, 1.82) is 5.53 Å². The molecular weight excluding hydrogens is 202 g/mol. The van der Waals surface area contributed by atoms with Crippen LogP contribution in [0.25, 0.3) is 0 Å². The summed E-state index contributed by atoms with van der Waals surface area (Å²) in [5.41, 5.74) is 10.7. The Balaban J connectivity index is 0. The Kier molecular flexibility index (Phi) is 8.57. The van der Waals surface area contributed by atoms with E-state index in [1.165, 1.54) is 0 Å². The molecule has 8 heavy (non-hydrogen) atoms. The number of nitrogens with one attached hydrogen (secondary N) is 2. The van der Waals surface area contributed by atoms with Crippen molar-refractivity contribution in [2.45, 2.75) is 0 Å². The molecule has 0 unspecified atom stereocenters. The van der Waals surface area contributed by atoms with Crippen LogP contribution in [0.2, 0.25) is 0 Å². The van der Waals surface area contributed by atoms with E-state index in [1.807, 2.05) is 0 Å².